The lowest BCUT2D eigenvalue weighted by Crippen LogP contribution is -2.56. The van der Waals surface area contributed by atoms with Gasteiger partial charge in [0.15, 0.2) is 0 Å². The van der Waals surface area contributed by atoms with Crippen molar-refractivity contribution in [2.45, 2.75) is 31.7 Å². The minimum atomic E-state index is -0.137. The van der Waals surface area contributed by atoms with E-state index in [1.807, 2.05) is 0 Å². The van der Waals surface area contributed by atoms with Crippen LogP contribution in [0.15, 0.2) is 0 Å². The molecule has 2 fully saturated rings. The summed E-state index contributed by atoms with van der Waals surface area (Å²) in [5.41, 5.74) is -0.137. The molecule has 0 amide bonds. The van der Waals surface area contributed by atoms with Crippen molar-refractivity contribution in [1.82, 2.24) is 10.2 Å². The van der Waals surface area contributed by atoms with E-state index in [0.717, 1.165) is 32.6 Å². The fraction of sp³-hybridized carbons (Fsp3) is 0.909. The van der Waals surface area contributed by atoms with E-state index in [9.17, 15) is 5.26 Å². The zero-order valence-electron chi connectivity index (χ0n) is 8.92. The summed E-state index contributed by atoms with van der Waals surface area (Å²) in [6.07, 6.45) is 3.49. The van der Waals surface area contributed by atoms with E-state index in [0.29, 0.717) is 5.92 Å². The number of hydrogen-bond donors (Lipinski definition) is 1. The van der Waals surface area contributed by atoms with Crippen LogP contribution in [0.1, 0.15) is 26.2 Å². The number of nitrogens with one attached hydrogen (secondary N) is 1. The molecule has 0 bridgehead atoms. The van der Waals surface area contributed by atoms with Crippen molar-refractivity contribution in [2.24, 2.45) is 5.92 Å². The van der Waals surface area contributed by atoms with Gasteiger partial charge in [-0.1, -0.05) is 6.92 Å². The molecule has 0 aromatic carbocycles. The molecule has 0 aromatic heterocycles. The molecule has 1 atom stereocenters. The highest BCUT2D eigenvalue weighted by atomic mass is 15.2. The van der Waals surface area contributed by atoms with Crippen LogP contribution >= 0.6 is 0 Å². The largest absolute Gasteiger partial charge is 0.314 e. The highest BCUT2D eigenvalue weighted by molar-refractivity contribution is 5.16. The summed E-state index contributed by atoms with van der Waals surface area (Å²) in [7, 11) is 0. The van der Waals surface area contributed by atoms with Gasteiger partial charge in [-0.2, -0.15) is 5.26 Å². The Hall–Kier alpha value is -0.590. The topological polar surface area (TPSA) is 39.1 Å². The molecule has 0 aromatic rings. The van der Waals surface area contributed by atoms with Gasteiger partial charge in [0.1, 0.15) is 5.54 Å². The highest BCUT2D eigenvalue weighted by Gasteiger charge is 2.48. The van der Waals surface area contributed by atoms with Gasteiger partial charge >= 0.3 is 0 Å². The lowest BCUT2D eigenvalue weighted by Gasteiger charge is -2.41. The van der Waals surface area contributed by atoms with Crippen molar-refractivity contribution in [3.05, 3.63) is 0 Å². The van der Waals surface area contributed by atoms with Crippen LogP contribution in [0.5, 0.6) is 0 Å². The first-order valence-electron chi connectivity index (χ1n) is 5.70. The Labute approximate surface area is 86.1 Å². The molecule has 78 valence electrons. The molecule has 2 aliphatic rings. The summed E-state index contributed by atoms with van der Waals surface area (Å²) in [5, 5.41) is 12.8. The summed E-state index contributed by atoms with van der Waals surface area (Å²) in [6.45, 7) is 6.31. The average molecular weight is 193 g/mol. The Morgan fingerprint density at radius 2 is 2.07 bits per heavy atom. The molecule has 1 aliphatic carbocycles. The number of hydrogen-bond acceptors (Lipinski definition) is 3. The smallest absolute Gasteiger partial charge is 0.111 e. The van der Waals surface area contributed by atoms with Gasteiger partial charge in [-0.15, -0.1) is 0 Å². The summed E-state index contributed by atoms with van der Waals surface area (Å²) in [5.74, 6) is 0.649. The Balaban J connectivity index is 2.11. The lowest BCUT2D eigenvalue weighted by atomic mass is 9.89. The number of nitrogens with zero attached hydrogens (tertiary/aromatic N) is 2. The summed E-state index contributed by atoms with van der Waals surface area (Å²) < 4.78 is 0. The van der Waals surface area contributed by atoms with Gasteiger partial charge < -0.3 is 5.32 Å². The Morgan fingerprint density at radius 3 is 2.50 bits per heavy atom. The first-order valence-corrected chi connectivity index (χ1v) is 5.70. The molecular weight excluding hydrogens is 174 g/mol. The molecule has 3 nitrogen and oxygen atoms in total. The molecule has 1 aliphatic heterocycles. The van der Waals surface area contributed by atoms with Gasteiger partial charge in [0, 0.05) is 26.2 Å². The third-order valence-electron chi connectivity index (χ3n) is 3.67. The van der Waals surface area contributed by atoms with E-state index in [1.165, 1.54) is 12.8 Å². The quantitative estimate of drug-likeness (QED) is 0.726. The monoisotopic (exact) mass is 193 g/mol. The average Bonchev–Trinajstić information content (AvgIpc) is 3.07. The SMILES string of the molecule is CCC(C#N)(C1CC1)N1CCNCC1. The van der Waals surface area contributed by atoms with E-state index in [-0.39, 0.29) is 5.54 Å². The van der Waals surface area contributed by atoms with E-state index in [2.05, 4.69) is 23.2 Å². The van der Waals surface area contributed by atoms with Crippen LogP contribution in [0.4, 0.5) is 0 Å². The molecule has 1 saturated carbocycles. The maximum atomic E-state index is 9.43. The molecule has 0 spiro atoms. The maximum absolute atomic E-state index is 9.43. The molecule has 14 heavy (non-hydrogen) atoms. The minimum absolute atomic E-state index is 0.137. The lowest BCUT2D eigenvalue weighted by molar-refractivity contribution is 0.0957. The molecule has 1 unspecified atom stereocenters. The molecule has 1 heterocycles. The Kier molecular flexibility index (Phi) is 2.76. The van der Waals surface area contributed by atoms with E-state index in [4.69, 9.17) is 0 Å². The van der Waals surface area contributed by atoms with E-state index >= 15 is 0 Å². The van der Waals surface area contributed by atoms with Crippen LogP contribution in [0.3, 0.4) is 0 Å². The maximum Gasteiger partial charge on any atom is 0.111 e. The predicted octanol–water partition coefficient (Wildman–Crippen LogP) is 0.974. The minimum Gasteiger partial charge on any atom is -0.314 e. The van der Waals surface area contributed by atoms with Gasteiger partial charge in [0.25, 0.3) is 0 Å². The molecule has 0 radical (unpaired) electrons. The third kappa shape index (κ3) is 1.53. The van der Waals surface area contributed by atoms with Gasteiger partial charge in [-0.3, -0.25) is 4.90 Å². The van der Waals surface area contributed by atoms with Crippen molar-refractivity contribution in [3.8, 4) is 6.07 Å². The van der Waals surface area contributed by atoms with Crippen LogP contribution in [0, 0.1) is 17.2 Å². The van der Waals surface area contributed by atoms with Crippen LogP contribution < -0.4 is 5.32 Å². The zero-order valence-corrected chi connectivity index (χ0v) is 8.92. The van der Waals surface area contributed by atoms with Crippen LogP contribution in [0.2, 0.25) is 0 Å². The number of rotatable bonds is 3. The first kappa shape index (κ1) is 9.95. The van der Waals surface area contributed by atoms with Crippen molar-refractivity contribution >= 4 is 0 Å². The molecule has 1 saturated heterocycles. The van der Waals surface area contributed by atoms with Crippen LogP contribution in [-0.4, -0.2) is 36.6 Å². The second-order valence-corrected chi connectivity index (χ2v) is 4.40. The predicted molar refractivity (Wildman–Crippen MR) is 55.8 cm³/mol. The van der Waals surface area contributed by atoms with Crippen molar-refractivity contribution in [2.75, 3.05) is 26.2 Å². The zero-order chi connectivity index (χ0) is 10.0. The second kappa shape index (κ2) is 3.88. The van der Waals surface area contributed by atoms with Crippen LogP contribution in [-0.2, 0) is 0 Å². The summed E-state index contributed by atoms with van der Waals surface area (Å²) >= 11 is 0. The van der Waals surface area contributed by atoms with E-state index < -0.39 is 0 Å². The normalized spacial score (nSPS) is 28.0. The fourth-order valence-corrected chi connectivity index (χ4v) is 2.64. The molecular formula is C11H19N3. The molecule has 3 heteroatoms. The van der Waals surface area contributed by atoms with Crippen molar-refractivity contribution < 1.29 is 0 Å². The van der Waals surface area contributed by atoms with E-state index in [1.54, 1.807) is 0 Å². The van der Waals surface area contributed by atoms with Crippen molar-refractivity contribution in [3.63, 3.8) is 0 Å². The number of nitriles is 1. The summed E-state index contributed by atoms with van der Waals surface area (Å²) in [6, 6.07) is 2.60. The third-order valence-corrected chi connectivity index (χ3v) is 3.67. The standard InChI is InChI=1S/C11H19N3/c1-2-11(9-12,10-3-4-10)14-7-5-13-6-8-14/h10,13H,2-8H2,1H3. The van der Waals surface area contributed by atoms with Crippen molar-refractivity contribution in [1.29, 1.82) is 5.26 Å². The van der Waals surface area contributed by atoms with Gasteiger partial charge in [0.2, 0.25) is 0 Å². The second-order valence-electron chi connectivity index (χ2n) is 4.40. The Bertz CT molecular complexity index is 235. The first-order chi connectivity index (χ1) is 6.83. The fourth-order valence-electron chi connectivity index (χ4n) is 2.64. The van der Waals surface area contributed by atoms with Gasteiger partial charge in [0.05, 0.1) is 6.07 Å². The van der Waals surface area contributed by atoms with Gasteiger partial charge in [-0.05, 0) is 25.2 Å². The summed E-state index contributed by atoms with van der Waals surface area (Å²) in [4.78, 5) is 2.40. The molecule has 1 N–H and O–H groups in total. The number of piperazine rings is 1. The highest BCUT2D eigenvalue weighted by Crippen LogP contribution is 2.44. The van der Waals surface area contributed by atoms with Crippen LogP contribution in [0.25, 0.3) is 0 Å². The molecule has 2 rings (SSSR count). The Morgan fingerprint density at radius 1 is 1.43 bits per heavy atom. The van der Waals surface area contributed by atoms with Gasteiger partial charge in [-0.25, -0.2) is 0 Å².